The number of anilines is 1. The summed E-state index contributed by atoms with van der Waals surface area (Å²) in [7, 11) is 1.79. The average Bonchev–Trinajstić information content (AvgIpc) is 2.77. The van der Waals surface area contributed by atoms with E-state index >= 15 is 0 Å². The van der Waals surface area contributed by atoms with Crippen molar-refractivity contribution >= 4 is 5.69 Å². The van der Waals surface area contributed by atoms with Crippen LogP contribution in [0.5, 0.6) is 0 Å². The van der Waals surface area contributed by atoms with Gasteiger partial charge in [-0.15, -0.1) is 0 Å². The van der Waals surface area contributed by atoms with E-state index in [0.717, 1.165) is 25.4 Å². The van der Waals surface area contributed by atoms with Crippen molar-refractivity contribution in [2.24, 2.45) is 5.92 Å². The van der Waals surface area contributed by atoms with Gasteiger partial charge in [0.1, 0.15) is 0 Å². The molecular weight excluding hydrogens is 236 g/mol. The monoisotopic (exact) mass is 262 g/mol. The van der Waals surface area contributed by atoms with Crippen LogP contribution in [-0.2, 0) is 10.2 Å². The molecule has 1 aliphatic rings. The summed E-state index contributed by atoms with van der Waals surface area (Å²) >= 11 is 0. The van der Waals surface area contributed by atoms with Crippen molar-refractivity contribution in [2.45, 2.75) is 25.7 Å². The summed E-state index contributed by atoms with van der Waals surface area (Å²) in [5.74, 6) is 0.701. The van der Waals surface area contributed by atoms with Crippen LogP contribution in [0.4, 0.5) is 5.69 Å². The number of nitrogens with zero attached hydrogens (tertiary/aromatic N) is 1. The molecular formula is C16H26N2O. The van der Waals surface area contributed by atoms with Crippen LogP contribution in [0.25, 0.3) is 0 Å². The van der Waals surface area contributed by atoms with Gasteiger partial charge in [0.05, 0.1) is 6.61 Å². The molecule has 0 bridgehead atoms. The van der Waals surface area contributed by atoms with E-state index in [2.05, 4.69) is 30.9 Å². The number of rotatable bonds is 5. The Hall–Kier alpha value is -1.06. The lowest BCUT2D eigenvalue weighted by Crippen LogP contribution is -2.36. The second-order valence-corrected chi connectivity index (χ2v) is 6.35. The highest BCUT2D eigenvalue weighted by atomic mass is 16.5. The van der Waals surface area contributed by atoms with E-state index in [-0.39, 0.29) is 5.41 Å². The zero-order valence-electron chi connectivity index (χ0n) is 12.4. The van der Waals surface area contributed by atoms with Crippen molar-refractivity contribution in [1.29, 1.82) is 0 Å². The first-order valence-electron chi connectivity index (χ1n) is 7.08. The molecule has 1 unspecified atom stereocenters. The first-order chi connectivity index (χ1) is 9.01. The molecule has 0 saturated carbocycles. The van der Waals surface area contributed by atoms with Crippen LogP contribution in [0.3, 0.4) is 0 Å². The van der Waals surface area contributed by atoms with Gasteiger partial charge in [0, 0.05) is 31.3 Å². The molecule has 3 nitrogen and oxygen atoms in total. The van der Waals surface area contributed by atoms with Crippen LogP contribution in [0, 0.1) is 5.92 Å². The molecule has 1 atom stereocenters. The van der Waals surface area contributed by atoms with Crippen LogP contribution >= 0.6 is 0 Å². The molecule has 1 fully saturated rings. The van der Waals surface area contributed by atoms with E-state index in [1.54, 1.807) is 7.11 Å². The fourth-order valence-corrected chi connectivity index (χ4v) is 3.01. The quantitative estimate of drug-likeness (QED) is 0.829. The Labute approximate surface area is 116 Å². The first-order valence-corrected chi connectivity index (χ1v) is 7.08. The number of hydrogen-bond donors (Lipinski definition) is 1. The van der Waals surface area contributed by atoms with E-state index in [9.17, 15) is 0 Å². The summed E-state index contributed by atoms with van der Waals surface area (Å²) in [4.78, 5) is 2.56. The zero-order valence-corrected chi connectivity index (χ0v) is 12.4. The number of nitrogen functional groups attached to an aromatic ring is 1. The van der Waals surface area contributed by atoms with Crippen molar-refractivity contribution in [3.8, 4) is 0 Å². The van der Waals surface area contributed by atoms with E-state index in [4.69, 9.17) is 10.5 Å². The Morgan fingerprint density at radius 2 is 2.00 bits per heavy atom. The fourth-order valence-electron chi connectivity index (χ4n) is 3.01. The topological polar surface area (TPSA) is 38.5 Å². The van der Waals surface area contributed by atoms with E-state index < -0.39 is 0 Å². The van der Waals surface area contributed by atoms with Crippen molar-refractivity contribution in [3.63, 3.8) is 0 Å². The highest BCUT2D eigenvalue weighted by molar-refractivity contribution is 5.41. The first kappa shape index (κ1) is 14.4. The van der Waals surface area contributed by atoms with Crippen LogP contribution in [-0.4, -0.2) is 38.3 Å². The maximum absolute atomic E-state index is 5.76. The molecule has 3 heteroatoms. The Bertz CT molecular complexity index is 400. The molecule has 19 heavy (non-hydrogen) atoms. The number of hydrogen-bond acceptors (Lipinski definition) is 3. The molecule has 1 heterocycles. The molecule has 2 N–H and O–H groups in total. The molecule has 1 aliphatic heterocycles. The third kappa shape index (κ3) is 3.71. The number of ether oxygens (including phenoxy) is 1. The third-order valence-electron chi connectivity index (χ3n) is 4.08. The molecule has 1 aromatic carbocycles. The molecule has 0 aliphatic carbocycles. The lowest BCUT2D eigenvalue weighted by Gasteiger charge is -2.31. The van der Waals surface area contributed by atoms with E-state index in [1.807, 2.05) is 12.1 Å². The normalized spacial score (nSPS) is 20.9. The van der Waals surface area contributed by atoms with Crippen LogP contribution < -0.4 is 5.73 Å². The van der Waals surface area contributed by atoms with Gasteiger partial charge >= 0.3 is 0 Å². The molecule has 1 aromatic rings. The predicted molar refractivity (Wildman–Crippen MR) is 80.3 cm³/mol. The van der Waals surface area contributed by atoms with Gasteiger partial charge in [-0.25, -0.2) is 0 Å². The van der Waals surface area contributed by atoms with Gasteiger partial charge in [-0.3, -0.25) is 0 Å². The summed E-state index contributed by atoms with van der Waals surface area (Å²) in [6.45, 7) is 8.94. The molecule has 2 rings (SSSR count). The van der Waals surface area contributed by atoms with Crippen molar-refractivity contribution in [1.82, 2.24) is 4.90 Å². The largest absolute Gasteiger partial charge is 0.399 e. The van der Waals surface area contributed by atoms with Crippen molar-refractivity contribution in [3.05, 3.63) is 29.8 Å². The van der Waals surface area contributed by atoms with Gasteiger partial charge in [0.2, 0.25) is 0 Å². The minimum atomic E-state index is 0.162. The second-order valence-electron chi connectivity index (χ2n) is 6.35. The highest BCUT2D eigenvalue weighted by Gasteiger charge is 2.29. The summed E-state index contributed by atoms with van der Waals surface area (Å²) < 4.78 is 5.26. The van der Waals surface area contributed by atoms with Crippen LogP contribution in [0.2, 0.25) is 0 Å². The summed E-state index contributed by atoms with van der Waals surface area (Å²) in [5, 5.41) is 0. The van der Waals surface area contributed by atoms with Gasteiger partial charge < -0.3 is 15.4 Å². The Kier molecular flexibility index (Phi) is 4.48. The van der Waals surface area contributed by atoms with Crippen molar-refractivity contribution < 1.29 is 4.74 Å². The Morgan fingerprint density at radius 1 is 1.32 bits per heavy atom. The average molecular weight is 262 g/mol. The van der Waals surface area contributed by atoms with Gasteiger partial charge in [-0.1, -0.05) is 26.0 Å². The minimum absolute atomic E-state index is 0.162. The van der Waals surface area contributed by atoms with E-state index in [0.29, 0.717) is 5.92 Å². The molecule has 0 aromatic heterocycles. The van der Waals surface area contributed by atoms with Crippen LogP contribution in [0.1, 0.15) is 25.8 Å². The maximum atomic E-state index is 5.76. The number of likely N-dealkylation sites (tertiary alicyclic amines) is 1. The summed E-state index contributed by atoms with van der Waals surface area (Å²) in [5.41, 5.74) is 8.12. The standard InChI is InChI=1S/C16H26N2O/c1-16(2,14-4-6-15(17)7-5-14)12-18-9-8-13(10-18)11-19-3/h4-7,13H,8-12,17H2,1-3H3. The molecule has 0 spiro atoms. The Morgan fingerprint density at radius 3 is 2.63 bits per heavy atom. The molecule has 1 saturated heterocycles. The van der Waals surface area contributed by atoms with Gasteiger partial charge in [0.15, 0.2) is 0 Å². The second kappa shape index (κ2) is 5.93. The van der Waals surface area contributed by atoms with Gasteiger partial charge in [-0.2, -0.15) is 0 Å². The lowest BCUT2D eigenvalue weighted by molar-refractivity contribution is 0.150. The van der Waals surface area contributed by atoms with Gasteiger partial charge in [-0.05, 0) is 36.6 Å². The van der Waals surface area contributed by atoms with E-state index in [1.165, 1.54) is 18.5 Å². The molecule has 0 amide bonds. The molecule has 106 valence electrons. The molecule has 0 radical (unpaired) electrons. The zero-order chi connectivity index (χ0) is 13.9. The number of benzene rings is 1. The van der Waals surface area contributed by atoms with Crippen LogP contribution in [0.15, 0.2) is 24.3 Å². The van der Waals surface area contributed by atoms with Gasteiger partial charge in [0.25, 0.3) is 0 Å². The lowest BCUT2D eigenvalue weighted by atomic mass is 9.84. The summed E-state index contributed by atoms with van der Waals surface area (Å²) in [6, 6.07) is 8.29. The summed E-state index contributed by atoms with van der Waals surface area (Å²) in [6.07, 6.45) is 1.26. The minimum Gasteiger partial charge on any atom is -0.399 e. The maximum Gasteiger partial charge on any atom is 0.0503 e. The smallest absolute Gasteiger partial charge is 0.0503 e. The number of methoxy groups -OCH3 is 1. The van der Waals surface area contributed by atoms with Crippen molar-refractivity contribution in [2.75, 3.05) is 39.1 Å². The Balaban J connectivity index is 1.96. The number of nitrogens with two attached hydrogens (primary N) is 1. The third-order valence-corrected chi connectivity index (χ3v) is 4.08. The fraction of sp³-hybridized carbons (Fsp3) is 0.625. The SMILES string of the molecule is COCC1CCN(CC(C)(C)c2ccc(N)cc2)C1. The highest BCUT2D eigenvalue weighted by Crippen LogP contribution is 2.28. The predicted octanol–water partition coefficient (Wildman–Crippen LogP) is 2.51.